The number of carbonyl (C=O) groups excluding carboxylic acids is 4. The van der Waals surface area contributed by atoms with Gasteiger partial charge < -0.3 is 63.6 Å². The molecular weight excluding hydrogens is 712 g/mol. The fraction of sp³-hybridized carbons (Fsp3) is 0.588. The molecule has 1 aromatic carbocycles. The monoisotopic (exact) mass is 768 g/mol. The molecule has 6 atom stereocenters. The van der Waals surface area contributed by atoms with Gasteiger partial charge in [-0.3, -0.25) is 33.8 Å². The molecule has 0 radical (unpaired) electrons. The Morgan fingerprint density at radius 2 is 1.43 bits per heavy atom. The summed E-state index contributed by atoms with van der Waals surface area (Å²) in [6, 6.07) is 0.330. The van der Waals surface area contributed by atoms with Gasteiger partial charge in [-0.15, -0.1) is 0 Å². The van der Waals surface area contributed by atoms with Gasteiger partial charge >= 0.3 is 5.97 Å². The molecule has 0 saturated carbocycles. The lowest BCUT2D eigenvalue weighted by atomic mass is 10.00. The molecule has 1 fully saturated rings. The number of aromatic hydroxyl groups is 1. The molecule has 2 rings (SSSR count). The molecule has 0 bridgehead atoms. The Bertz CT molecular complexity index is 1410. The second-order valence-electron chi connectivity index (χ2n) is 13.0. The van der Waals surface area contributed by atoms with Gasteiger partial charge in [0.05, 0.1) is 12.1 Å². The molecule has 0 aliphatic carbocycles. The maximum atomic E-state index is 13.8. The molecule has 0 unspecified atom stereocenters. The fourth-order valence-corrected chi connectivity index (χ4v) is 5.11. The van der Waals surface area contributed by atoms with Crippen LogP contribution in [0.2, 0.25) is 0 Å². The number of benzene rings is 1. The molecule has 0 aromatic heterocycles. The normalized spacial score (nSPS) is 16.0. The summed E-state index contributed by atoms with van der Waals surface area (Å²) in [7, 11) is 0. The van der Waals surface area contributed by atoms with Crippen molar-refractivity contribution in [3.05, 3.63) is 29.8 Å². The zero-order chi connectivity index (χ0) is 41.7. The van der Waals surface area contributed by atoms with E-state index in [2.05, 4.69) is 20.9 Å². The third-order valence-electron chi connectivity index (χ3n) is 7.52. The van der Waals surface area contributed by atoms with Crippen LogP contribution in [-0.2, 0) is 40.0 Å². The zero-order valence-corrected chi connectivity index (χ0v) is 31.2. The predicted octanol–water partition coefficient (Wildman–Crippen LogP) is -1.55. The smallest absolute Gasteiger partial charge is 0.328 e. The number of nitrogens with one attached hydrogen (secondary N) is 3. The molecule has 54 heavy (non-hydrogen) atoms. The summed E-state index contributed by atoms with van der Waals surface area (Å²) in [6.07, 6.45) is 0.261. The summed E-state index contributed by atoms with van der Waals surface area (Å²) in [4.78, 5) is 88.3. The largest absolute Gasteiger partial charge is 0.508 e. The van der Waals surface area contributed by atoms with E-state index in [9.17, 15) is 39.3 Å². The first-order chi connectivity index (χ1) is 25.1. The highest BCUT2D eigenvalue weighted by molar-refractivity contribution is 5.96. The highest BCUT2D eigenvalue weighted by Gasteiger charge is 2.40. The van der Waals surface area contributed by atoms with Gasteiger partial charge in [0.2, 0.25) is 23.6 Å². The summed E-state index contributed by atoms with van der Waals surface area (Å²) in [5.41, 5.74) is 17.3. The molecule has 1 aliphatic rings. The maximum Gasteiger partial charge on any atom is 0.328 e. The van der Waals surface area contributed by atoms with Gasteiger partial charge in [-0.25, -0.2) is 4.79 Å². The minimum atomic E-state index is -1.56. The number of aliphatic imine (C=N–C) groups is 1. The van der Waals surface area contributed by atoms with Gasteiger partial charge in [-0.05, 0) is 62.6 Å². The van der Waals surface area contributed by atoms with E-state index in [1.165, 1.54) is 24.0 Å². The fourth-order valence-electron chi connectivity index (χ4n) is 5.11. The summed E-state index contributed by atoms with van der Waals surface area (Å²) in [5, 5.41) is 51.4. The Balaban J connectivity index is 0.00000318. The Morgan fingerprint density at radius 1 is 0.889 bits per heavy atom. The van der Waals surface area contributed by atoms with Crippen LogP contribution in [-0.4, -0.2) is 127 Å². The Hall–Kier alpha value is -5.50. The number of rotatable bonds is 17. The van der Waals surface area contributed by atoms with Crippen LogP contribution >= 0.6 is 0 Å². The molecule has 20 heteroatoms. The predicted molar refractivity (Wildman–Crippen MR) is 196 cm³/mol. The first-order valence-electron chi connectivity index (χ1n) is 17.2. The first kappa shape index (κ1) is 48.5. The third kappa shape index (κ3) is 19.9. The second kappa shape index (κ2) is 24.7. The van der Waals surface area contributed by atoms with Crippen LogP contribution in [0, 0.1) is 5.92 Å². The van der Waals surface area contributed by atoms with Gasteiger partial charge in [-0.2, -0.15) is 0 Å². The van der Waals surface area contributed by atoms with E-state index < -0.39 is 77.8 Å². The Labute approximate surface area is 313 Å². The lowest BCUT2D eigenvalue weighted by molar-refractivity contribution is -0.147. The van der Waals surface area contributed by atoms with Gasteiger partial charge in [0.1, 0.15) is 23.9 Å². The molecule has 14 N–H and O–H groups in total. The maximum absolute atomic E-state index is 13.8. The number of hydrogen-bond acceptors (Lipinski definition) is 11. The van der Waals surface area contributed by atoms with Crippen LogP contribution in [0.1, 0.15) is 72.3 Å². The number of hydrogen-bond donors (Lipinski definition) is 11. The van der Waals surface area contributed by atoms with Crippen LogP contribution in [0.25, 0.3) is 0 Å². The number of nitrogens with two attached hydrogens (primary N) is 3. The molecule has 1 aromatic rings. The minimum Gasteiger partial charge on any atom is -0.508 e. The number of phenols is 1. The number of carbonyl (C=O) groups is 7. The molecule has 1 aliphatic heterocycles. The van der Waals surface area contributed by atoms with E-state index in [0.717, 1.165) is 13.8 Å². The van der Waals surface area contributed by atoms with Gasteiger partial charge in [0, 0.05) is 33.4 Å². The van der Waals surface area contributed by atoms with E-state index in [1.807, 2.05) is 13.8 Å². The van der Waals surface area contributed by atoms with Crippen LogP contribution in [0.15, 0.2) is 29.3 Å². The highest BCUT2D eigenvalue weighted by atomic mass is 16.4. The van der Waals surface area contributed by atoms with Crippen molar-refractivity contribution < 1.29 is 59.1 Å². The van der Waals surface area contributed by atoms with Crippen molar-refractivity contribution in [3.8, 4) is 5.75 Å². The molecular formula is C34H56N8O12. The first-order valence-corrected chi connectivity index (χ1v) is 17.2. The number of aliphatic hydroxyl groups excluding tert-OH is 1. The number of amides is 4. The molecule has 1 saturated heterocycles. The Morgan fingerprint density at radius 3 is 1.91 bits per heavy atom. The van der Waals surface area contributed by atoms with E-state index in [4.69, 9.17) is 37.0 Å². The van der Waals surface area contributed by atoms with Gasteiger partial charge in [0.15, 0.2) is 12.0 Å². The number of carboxylic acid groups (broad SMARTS) is 3. The van der Waals surface area contributed by atoms with Crippen LogP contribution in [0.5, 0.6) is 5.75 Å². The number of aliphatic hydroxyl groups is 1. The minimum absolute atomic E-state index is 0.0197. The van der Waals surface area contributed by atoms with Crippen molar-refractivity contribution in [2.24, 2.45) is 28.1 Å². The van der Waals surface area contributed by atoms with Crippen molar-refractivity contribution >= 4 is 47.5 Å². The summed E-state index contributed by atoms with van der Waals surface area (Å²) >= 11 is 0. The summed E-state index contributed by atoms with van der Waals surface area (Å²) in [5.74, 6) is -5.72. The topological polar surface area (TPSA) is 350 Å². The standard InChI is InChI=1S/C30H48N8O8.2C2H4O2/c1-16(2)14-22(28(44)38-13-5-7-23(38)27(43)37-24(17(3)39)29(45)46)36-26(42)21(15-18-8-10-19(40)11-9-18)35-25(41)20(31)6-4-12-34-30(32)33;2*1-2(3)4/h8-11,16-17,20-24,39-40H,4-7,12-15,31H2,1-3H3,(H,35,41)(H,36,42)(H,37,43)(H,45,46)(H4,32,33,34);2*1H3,(H,3,4)/t17-,20+,21+,22+,23+,24+;;/m1../s1. The van der Waals surface area contributed by atoms with E-state index >= 15 is 0 Å². The van der Waals surface area contributed by atoms with E-state index in [0.29, 0.717) is 18.4 Å². The Kier molecular flexibility index (Phi) is 22.2. The summed E-state index contributed by atoms with van der Waals surface area (Å²) < 4.78 is 0. The third-order valence-corrected chi connectivity index (χ3v) is 7.52. The number of likely N-dealkylation sites (tertiary alicyclic amines) is 1. The van der Waals surface area contributed by atoms with E-state index in [-0.39, 0.29) is 56.4 Å². The number of guanidine groups is 1. The molecule has 20 nitrogen and oxygen atoms in total. The van der Waals surface area contributed by atoms with Crippen molar-refractivity contribution in [1.29, 1.82) is 0 Å². The number of nitrogens with zero attached hydrogens (tertiary/aromatic N) is 2. The van der Waals surface area contributed by atoms with Crippen molar-refractivity contribution in [1.82, 2.24) is 20.9 Å². The highest BCUT2D eigenvalue weighted by Crippen LogP contribution is 2.21. The molecule has 4 amide bonds. The average molecular weight is 769 g/mol. The number of phenolic OH excluding ortho intramolecular Hbond substituents is 1. The number of carboxylic acids is 3. The summed E-state index contributed by atoms with van der Waals surface area (Å²) in [6.45, 7) is 7.59. The lowest BCUT2D eigenvalue weighted by Crippen LogP contribution is -2.59. The van der Waals surface area contributed by atoms with Crippen LogP contribution in [0.3, 0.4) is 0 Å². The van der Waals surface area contributed by atoms with Gasteiger partial charge in [0.25, 0.3) is 11.9 Å². The quantitative estimate of drug-likeness (QED) is 0.0486. The van der Waals surface area contributed by atoms with Crippen LogP contribution in [0.4, 0.5) is 0 Å². The molecule has 1 heterocycles. The molecule has 304 valence electrons. The average Bonchev–Trinajstić information content (AvgIpc) is 3.54. The second-order valence-corrected chi connectivity index (χ2v) is 13.0. The number of aliphatic carboxylic acids is 3. The van der Waals surface area contributed by atoms with Crippen molar-refractivity contribution in [2.75, 3.05) is 13.1 Å². The molecule has 0 spiro atoms. The zero-order valence-electron chi connectivity index (χ0n) is 31.2. The van der Waals surface area contributed by atoms with Crippen molar-refractivity contribution in [2.45, 2.75) is 109 Å². The van der Waals surface area contributed by atoms with Crippen molar-refractivity contribution in [3.63, 3.8) is 0 Å². The lowest BCUT2D eigenvalue weighted by Gasteiger charge is -2.31. The SMILES string of the molecule is CC(=O)O.CC(=O)O.CC(C)C[C@H](NC(=O)[C@H](Cc1ccc(O)cc1)NC(=O)[C@@H](N)CCCN=C(N)N)C(=O)N1CCC[C@H]1C(=O)N[C@H](C(=O)O)[C@@H](C)O. The van der Waals surface area contributed by atoms with Crippen LogP contribution < -0.4 is 33.2 Å². The van der Waals surface area contributed by atoms with Gasteiger partial charge in [-0.1, -0.05) is 26.0 Å². The van der Waals surface area contributed by atoms with E-state index in [1.54, 1.807) is 12.1 Å².